The lowest BCUT2D eigenvalue weighted by molar-refractivity contribution is -0.131. The third kappa shape index (κ3) is 4.35. The van der Waals surface area contributed by atoms with Crippen LogP contribution in [0.1, 0.15) is 17.5 Å². The number of carboxylic acid groups (broad SMARTS) is 1. The molecule has 0 saturated heterocycles. The molecule has 0 saturated carbocycles. The summed E-state index contributed by atoms with van der Waals surface area (Å²) in [5, 5.41) is 9.00. The highest BCUT2D eigenvalue weighted by atomic mass is 79.9. The third-order valence-electron chi connectivity index (χ3n) is 3.04. The lowest BCUT2D eigenvalue weighted by atomic mass is 9.98. The molecular formula is C17H15BrO2. The molecule has 2 rings (SSSR count). The molecule has 0 atom stereocenters. The van der Waals surface area contributed by atoms with Crippen LogP contribution in [0.3, 0.4) is 0 Å². The summed E-state index contributed by atoms with van der Waals surface area (Å²) in [6.07, 6.45) is 2.83. The summed E-state index contributed by atoms with van der Waals surface area (Å²) in [5.74, 6) is -0.903. The molecule has 0 radical (unpaired) electrons. The highest BCUT2D eigenvalue weighted by Gasteiger charge is 2.05. The van der Waals surface area contributed by atoms with E-state index < -0.39 is 5.97 Å². The summed E-state index contributed by atoms with van der Waals surface area (Å²) in [7, 11) is 0. The van der Waals surface area contributed by atoms with E-state index in [1.807, 2.05) is 54.6 Å². The summed E-state index contributed by atoms with van der Waals surface area (Å²) in [6, 6.07) is 17.7. The molecule has 0 aromatic heterocycles. The maximum absolute atomic E-state index is 11.0. The number of benzene rings is 2. The van der Waals surface area contributed by atoms with Crippen molar-refractivity contribution in [3.63, 3.8) is 0 Å². The van der Waals surface area contributed by atoms with Crippen molar-refractivity contribution >= 4 is 27.5 Å². The van der Waals surface area contributed by atoms with Gasteiger partial charge in [0, 0.05) is 10.5 Å². The molecule has 0 heterocycles. The van der Waals surface area contributed by atoms with E-state index in [0.717, 1.165) is 22.0 Å². The molecule has 2 aromatic carbocycles. The van der Waals surface area contributed by atoms with Crippen molar-refractivity contribution < 1.29 is 9.90 Å². The van der Waals surface area contributed by atoms with Crippen molar-refractivity contribution in [1.82, 2.24) is 0 Å². The minimum Gasteiger partial charge on any atom is -0.478 e. The van der Waals surface area contributed by atoms with Crippen molar-refractivity contribution in [3.8, 4) is 0 Å². The summed E-state index contributed by atoms with van der Waals surface area (Å²) >= 11 is 3.41. The van der Waals surface area contributed by atoms with Crippen LogP contribution in [0.25, 0.3) is 5.57 Å². The van der Waals surface area contributed by atoms with Crippen molar-refractivity contribution in [2.75, 3.05) is 0 Å². The minimum absolute atomic E-state index is 0.706. The fraction of sp³-hybridized carbons (Fsp3) is 0.118. The van der Waals surface area contributed by atoms with E-state index in [1.54, 1.807) is 0 Å². The second-order valence-electron chi connectivity index (χ2n) is 4.50. The van der Waals surface area contributed by atoms with Crippen LogP contribution >= 0.6 is 15.9 Å². The summed E-state index contributed by atoms with van der Waals surface area (Å²) in [6.45, 7) is 0. The van der Waals surface area contributed by atoms with Gasteiger partial charge in [0.1, 0.15) is 0 Å². The van der Waals surface area contributed by atoms with Gasteiger partial charge >= 0.3 is 5.97 Å². The summed E-state index contributed by atoms with van der Waals surface area (Å²) < 4.78 is 1.05. The van der Waals surface area contributed by atoms with Gasteiger partial charge in [-0.05, 0) is 41.7 Å². The van der Waals surface area contributed by atoms with E-state index in [4.69, 9.17) is 5.11 Å². The zero-order valence-corrected chi connectivity index (χ0v) is 12.5. The number of carboxylic acids is 1. The number of rotatable bonds is 5. The Morgan fingerprint density at radius 1 is 1.05 bits per heavy atom. The van der Waals surface area contributed by atoms with E-state index in [0.29, 0.717) is 6.42 Å². The number of hydrogen-bond donors (Lipinski definition) is 1. The van der Waals surface area contributed by atoms with Gasteiger partial charge in [-0.3, -0.25) is 0 Å². The first-order chi connectivity index (χ1) is 9.65. The smallest absolute Gasteiger partial charge is 0.328 e. The topological polar surface area (TPSA) is 37.3 Å². The van der Waals surface area contributed by atoms with Crippen LogP contribution in [0.15, 0.2) is 65.1 Å². The predicted octanol–water partition coefficient (Wildman–Crippen LogP) is 4.55. The molecule has 1 N–H and O–H groups in total. The van der Waals surface area contributed by atoms with Gasteiger partial charge in [-0.1, -0.05) is 58.4 Å². The van der Waals surface area contributed by atoms with Gasteiger partial charge in [-0.25, -0.2) is 4.79 Å². The standard InChI is InChI=1S/C17H15BrO2/c18-16-10-7-13(8-11-16)6-9-15(12-17(19)20)14-4-2-1-3-5-14/h1-5,7-8,10-12H,6,9H2,(H,19,20). The van der Waals surface area contributed by atoms with Gasteiger partial charge < -0.3 is 5.11 Å². The third-order valence-corrected chi connectivity index (χ3v) is 3.57. The Bertz CT molecular complexity index is 601. The molecule has 3 heteroatoms. The molecule has 0 spiro atoms. The van der Waals surface area contributed by atoms with E-state index in [9.17, 15) is 4.79 Å². The maximum atomic E-state index is 11.0. The number of aryl methyl sites for hydroxylation is 1. The van der Waals surface area contributed by atoms with Crippen molar-refractivity contribution in [3.05, 3.63) is 76.3 Å². The van der Waals surface area contributed by atoms with Crippen LogP contribution in [-0.4, -0.2) is 11.1 Å². The number of hydrogen-bond acceptors (Lipinski definition) is 1. The Kier molecular flexibility index (Phi) is 5.13. The fourth-order valence-corrected chi connectivity index (χ4v) is 2.30. The van der Waals surface area contributed by atoms with Gasteiger partial charge in [0.05, 0.1) is 0 Å². The van der Waals surface area contributed by atoms with Gasteiger partial charge in [-0.15, -0.1) is 0 Å². The monoisotopic (exact) mass is 330 g/mol. The van der Waals surface area contributed by atoms with Crippen LogP contribution < -0.4 is 0 Å². The summed E-state index contributed by atoms with van der Waals surface area (Å²) in [4.78, 5) is 11.0. The molecule has 0 aliphatic carbocycles. The van der Waals surface area contributed by atoms with Crippen LogP contribution in [0.4, 0.5) is 0 Å². The molecule has 0 fully saturated rings. The van der Waals surface area contributed by atoms with Gasteiger partial charge in [0.2, 0.25) is 0 Å². The van der Waals surface area contributed by atoms with Gasteiger partial charge in [0.25, 0.3) is 0 Å². The van der Waals surface area contributed by atoms with E-state index >= 15 is 0 Å². The van der Waals surface area contributed by atoms with Crippen molar-refractivity contribution in [2.45, 2.75) is 12.8 Å². The second kappa shape index (κ2) is 7.06. The van der Waals surface area contributed by atoms with Crippen LogP contribution in [0.2, 0.25) is 0 Å². The maximum Gasteiger partial charge on any atom is 0.328 e. The average Bonchev–Trinajstić information content (AvgIpc) is 2.46. The van der Waals surface area contributed by atoms with E-state index in [-0.39, 0.29) is 0 Å². The molecule has 0 aliphatic heterocycles. The number of carbonyl (C=O) groups is 1. The molecule has 2 aromatic rings. The Morgan fingerprint density at radius 3 is 2.30 bits per heavy atom. The van der Waals surface area contributed by atoms with Crippen LogP contribution in [0.5, 0.6) is 0 Å². The lowest BCUT2D eigenvalue weighted by Gasteiger charge is -2.07. The second-order valence-corrected chi connectivity index (χ2v) is 5.42. The zero-order valence-electron chi connectivity index (χ0n) is 10.9. The minimum atomic E-state index is -0.903. The molecule has 0 unspecified atom stereocenters. The molecule has 20 heavy (non-hydrogen) atoms. The van der Waals surface area contributed by atoms with Crippen molar-refractivity contribution in [2.24, 2.45) is 0 Å². The van der Waals surface area contributed by atoms with Crippen LogP contribution in [-0.2, 0) is 11.2 Å². The Morgan fingerprint density at radius 2 is 1.70 bits per heavy atom. The normalized spacial score (nSPS) is 11.3. The number of halogens is 1. The molecule has 0 bridgehead atoms. The SMILES string of the molecule is O=C(O)C=C(CCc1ccc(Br)cc1)c1ccccc1. The quantitative estimate of drug-likeness (QED) is 0.816. The van der Waals surface area contributed by atoms with Gasteiger partial charge in [0.15, 0.2) is 0 Å². The van der Waals surface area contributed by atoms with E-state index in [1.165, 1.54) is 11.6 Å². The average molecular weight is 331 g/mol. The Hall–Kier alpha value is -1.87. The zero-order chi connectivity index (χ0) is 14.4. The lowest BCUT2D eigenvalue weighted by Crippen LogP contribution is -1.95. The van der Waals surface area contributed by atoms with Crippen LogP contribution in [0, 0.1) is 0 Å². The largest absolute Gasteiger partial charge is 0.478 e. The highest BCUT2D eigenvalue weighted by molar-refractivity contribution is 9.10. The molecule has 0 aliphatic rings. The molecule has 2 nitrogen and oxygen atoms in total. The highest BCUT2D eigenvalue weighted by Crippen LogP contribution is 2.21. The van der Waals surface area contributed by atoms with Gasteiger partial charge in [-0.2, -0.15) is 0 Å². The Labute approximate surface area is 126 Å². The molecular weight excluding hydrogens is 316 g/mol. The first kappa shape index (κ1) is 14.5. The van der Waals surface area contributed by atoms with Crippen molar-refractivity contribution in [1.29, 1.82) is 0 Å². The first-order valence-electron chi connectivity index (χ1n) is 6.38. The first-order valence-corrected chi connectivity index (χ1v) is 7.18. The molecule has 102 valence electrons. The van der Waals surface area contributed by atoms with E-state index in [2.05, 4.69) is 15.9 Å². The Balaban J connectivity index is 2.13. The fourth-order valence-electron chi connectivity index (χ4n) is 2.03. The number of aliphatic carboxylic acids is 1. The predicted molar refractivity (Wildman–Crippen MR) is 84.5 cm³/mol. The number of allylic oxidation sites excluding steroid dienone is 1. The molecule has 0 amide bonds. The summed E-state index contributed by atoms with van der Waals surface area (Å²) in [5.41, 5.74) is 3.01.